The summed E-state index contributed by atoms with van der Waals surface area (Å²) in [6.07, 6.45) is -0.801. The molecule has 1 rings (SSSR count). The zero-order valence-electron chi connectivity index (χ0n) is 16.0. The molecular formula is C19H27N3O6. The van der Waals surface area contributed by atoms with E-state index in [2.05, 4.69) is 10.6 Å². The van der Waals surface area contributed by atoms with E-state index in [-0.39, 0.29) is 31.8 Å². The summed E-state index contributed by atoms with van der Waals surface area (Å²) in [6, 6.07) is 6.85. The summed E-state index contributed by atoms with van der Waals surface area (Å²) in [7, 11) is 0. The molecule has 0 bridgehead atoms. The molecule has 0 unspecified atom stereocenters. The van der Waals surface area contributed by atoms with Crippen LogP contribution in [-0.2, 0) is 25.7 Å². The number of carboxylic acid groups (broad SMARTS) is 1. The van der Waals surface area contributed by atoms with Crippen LogP contribution in [0, 0.1) is 5.92 Å². The van der Waals surface area contributed by atoms with Crippen molar-refractivity contribution in [2.24, 2.45) is 11.7 Å². The van der Waals surface area contributed by atoms with E-state index in [0.717, 1.165) is 5.56 Å². The van der Waals surface area contributed by atoms with Crippen molar-refractivity contribution in [3.05, 3.63) is 35.9 Å². The molecule has 0 saturated carbocycles. The number of hydrogen-bond donors (Lipinski definition) is 4. The topological polar surface area (TPSA) is 148 Å². The van der Waals surface area contributed by atoms with Crippen LogP contribution in [-0.4, -0.2) is 41.1 Å². The molecule has 1 aromatic rings. The summed E-state index contributed by atoms with van der Waals surface area (Å²) in [6.45, 7) is 3.71. The van der Waals surface area contributed by atoms with Crippen LogP contribution in [0.5, 0.6) is 0 Å². The van der Waals surface area contributed by atoms with Crippen LogP contribution in [0.3, 0.4) is 0 Å². The Morgan fingerprint density at radius 3 is 2.25 bits per heavy atom. The van der Waals surface area contributed by atoms with E-state index >= 15 is 0 Å². The average Bonchev–Trinajstić information content (AvgIpc) is 2.63. The maximum absolute atomic E-state index is 12.0. The molecule has 0 spiro atoms. The standard InChI is InChI=1S/C19H27N3O6/c1-12(2)10-15(18(25)26)21-16(23)9-8-14(17(20)24)22-19(27)28-11-13-6-4-3-5-7-13/h3-7,12,14-15H,8-11H2,1-2H3,(H2,20,24)(H,21,23)(H,22,27)(H,25,26)/t14-,15-/m0/s1. The van der Waals surface area contributed by atoms with Crippen LogP contribution in [0.1, 0.15) is 38.7 Å². The summed E-state index contributed by atoms with van der Waals surface area (Å²) in [5, 5.41) is 13.9. The first kappa shape index (κ1) is 22.9. The zero-order valence-corrected chi connectivity index (χ0v) is 16.0. The van der Waals surface area contributed by atoms with Crippen LogP contribution in [0.25, 0.3) is 0 Å². The van der Waals surface area contributed by atoms with Gasteiger partial charge in [0.2, 0.25) is 11.8 Å². The summed E-state index contributed by atoms with van der Waals surface area (Å²) in [5.41, 5.74) is 6.03. The fourth-order valence-electron chi connectivity index (χ4n) is 2.43. The number of nitrogens with two attached hydrogens (primary N) is 1. The first-order valence-corrected chi connectivity index (χ1v) is 8.97. The molecule has 0 aromatic heterocycles. The van der Waals surface area contributed by atoms with Gasteiger partial charge in [0.25, 0.3) is 0 Å². The average molecular weight is 393 g/mol. The highest BCUT2D eigenvalue weighted by Crippen LogP contribution is 2.07. The number of carboxylic acids is 1. The maximum atomic E-state index is 12.0. The van der Waals surface area contributed by atoms with Crippen LogP contribution in [0.15, 0.2) is 30.3 Å². The number of alkyl carbamates (subject to hydrolysis) is 1. The zero-order chi connectivity index (χ0) is 21.1. The van der Waals surface area contributed by atoms with Crippen molar-refractivity contribution in [1.82, 2.24) is 10.6 Å². The van der Waals surface area contributed by atoms with Gasteiger partial charge in [0, 0.05) is 6.42 Å². The van der Waals surface area contributed by atoms with Crippen LogP contribution >= 0.6 is 0 Å². The van der Waals surface area contributed by atoms with Gasteiger partial charge in [0.05, 0.1) is 0 Å². The molecule has 5 N–H and O–H groups in total. The van der Waals surface area contributed by atoms with Crippen molar-refractivity contribution in [3.63, 3.8) is 0 Å². The van der Waals surface area contributed by atoms with Crippen molar-refractivity contribution < 1.29 is 29.0 Å². The van der Waals surface area contributed by atoms with Crippen molar-refractivity contribution >= 4 is 23.9 Å². The molecule has 0 aliphatic rings. The number of nitrogens with one attached hydrogen (secondary N) is 2. The lowest BCUT2D eigenvalue weighted by Gasteiger charge is -2.18. The van der Waals surface area contributed by atoms with Gasteiger partial charge in [0.1, 0.15) is 18.7 Å². The molecule has 0 aliphatic carbocycles. The van der Waals surface area contributed by atoms with Gasteiger partial charge in [-0.05, 0) is 24.3 Å². The molecule has 0 heterocycles. The molecule has 0 saturated heterocycles. The van der Waals surface area contributed by atoms with Gasteiger partial charge in [0.15, 0.2) is 0 Å². The summed E-state index contributed by atoms with van der Waals surface area (Å²) in [5.74, 6) is -2.41. The molecular weight excluding hydrogens is 366 g/mol. The Balaban J connectivity index is 2.48. The van der Waals surface area contributed by atoms with E-state index in [9.17, 15) is 19.2 Å². The van der Waals surface area contributed by atoms with Crippen molar-refractivity contribution in [2.75, 3.05) is 0 Å². The Kier molecular flexibility index (Phi) is 9.49. The van der Waals surface area contributed by atoms with Crippen LogP contribution in [0.4, 0.5) is 4.79 Å². The minimum absolute atomic E-state index is 0.0220. The largest absolute Gasteiger partial charge is 0.480 e. The quantitative estimate of drug-likeness (QED) is 0.443. The Bertz CT molecular complexity index is 678. The lowest BCUT2D eigenvalue weighted by atomic mass is 10.0. The smallest absolute Gasteiger partial charge is 0.408 e. The third kappa shape index (κ3) is 9.02. The first-order valence-electron chi connectivity index (χ1n) is 8.97. The van der Waals surface area contributed by atoms with Gasteiger partial charge >= 0.3 is 12.1 Å². The highest BCUT2D eigenvalue weighted by molar-refractivity contribution is 5.86. The lowest BCUT2D eigenvalue weighted by molar-refractivity contribution is -0.142. The Labute approximate surface area is 163 Å². The molecule has 9 nitrogen and oxygen atoms in total. The molecule has 2 atom stereocenters. The number of hydrogen-bond acceptors (Lipinski definition) is 5. The second-order valence-electron chi connectivity index (χ2n) is 6.79. The number of carbonyl (C=O) groups excluding carboxylic acids is 3. The third-order valence-corrected chi connectivity index (χ3v) is 3.85. The molecule has 0 aliphatic heterocycles. The number of benzene rings is 1. The monoisotopic (exact) mass is 393 g/mol. The van der Waals surface area contributed by atoms with Crippen LogP contribution < -0.4 is 16.4 Å². The number of rotatable bonds is 11. The number of ether oxygens (including phenoxy) is 1. The Morgan fingerprint density at radius 2 is 1.71 bits per heavy atom. The van der Waals surface area contributed by atoms with Crippen molar-refractivity contribution in [3.8, 4) is 0 Å². The number of carbonyl (C=O) groups is 4. The lowest BCUT2D eigenvalue weighted by Crippen LogP contribution is -2.46. The third-order valence-electron chi connectivity index (χ3n) is 3.85. The minimum atomic E-state index is -1.13. The summed E-state index contributed by atoms with van der Waals surface area (Å²) in [4.78, 5) is 46.5. The molecule has 154 valence electrons. The molecule has 1 aromatic carbocycles. The highest BCUT2D eigenvalue weighted by atomic mass is 16.5. The normalized spacial score (nSPS) is 12.7. The Hall–Kier alpha value is -3.10. The van der Waals surface area contributed by atoms with Crippen molar-refractivity contribution in [2.45, 2.75) is 51.8 Å². The molecule has 9 heteroatoms. The molecule has 0 fully saturated rings. The van der Waals surface area contributed by atoms with E-state index in [1.807, 2.05) is 19.9 Å². The first-order chi connectivity index (χ1) is 13.2. The fourth-order valence-corrected chi connectivity index (χ4v) is 2.43. The van der Waals surface area contributed by atoms with Gasteiger partial charge in [-0.3, -0.25) is 9.59 Å². The Morgan fingerprint density at radius 1 is 1.07 bits per heavy atom. The maximum Gasteiger partial charge on any atom is 0.408 e. The van der Waals surface area contributed by atoms with E-state index in [1.165, 1.54) is 0 Å². The van der Waals surface area contributed by atoms with Crippen LogP contribution in [0.2, 0.25) is 0 Å². The molecule has 28 heavy (non-hydrogen) atoms. The van der Waals surface area contributed by atoms with Gasteiger partial charge < -0.3 is 26.2 Å². The second kappa shape index (κ2) is 11.6. The second-order valence-corrected chi connectivity index (χ2v) is 6.79. The predicted octanol–water partition coefficient (Wildman–Crippen LogP) is 1.16. The summed E-state index contributed by atoms with van der Waals surface area (Å²) < 4.78 is 5.02. The minimum Gasteiger partial charge on any atom is -0.480 e. The van der Waals surface area contributed by atoms with Crippen molar-refractivity contribution in [1.29, 1.82) is 0 Å². The molecule has 3 amide bonds. The summed E-state index contributed by atoms with van der Waals surface area (Å²) >= 11 is 0. The number of primary amides is 1. The molecule has 0 radical (unpaired) electrons. The van der Waals surface area contributed by atoms with E-state index in [0.29, 0.717) is 0 Å². The van der Waals surface area contributed by atoms with E-state index in [4.69, 9.17) is 15.6 Å². The number of amides is 3. The fraction of sp³-hybridized carbons (Fsp3) is 0.474. The van der Waals surface area contributed by atoms with Gasteiger partial charge in [-0.25, -0.2) is 9.59 Å². The van der Waals surface area contributed by atoms with E-state index in [1.54, 1.807) is 24.3 Å². The van der Waals surface area contributed by atoms with E-state index < -0.39 is 36.0 Å². The SMILES string of the molecule is CC(C)C[C@H](NC(=O)CC[C@H](NC(=O)OCc1ccccc1)C(N)=O)C(=O)O. The number of aliphatic carboxylic acids is 1. The van der Waals surface area contributed by atoms with Gasteiger partial charge in [-0.2, -0.15) is 0 Å². The van der Waals surface area contributed by atoms with Gasteiger partial charge in [-0.1, -0.05) is 44.2 Å². The van der Waals surface area contributed by atoms with Gasteiger partial charge in [-0.15, -0.1) is 0 Å². The predicted molar refractivity (Wildman–Crippen MR) is 101 cm³/mol. The highest BCUT2D eigenvalue weighted by Gasteiger charge is 2.24.